The molecule has 1 saturated heterocycles. The van der Waals surface area contributed by atoms with Gasteiger partial charge < -0.3 is 9.88 Å². The summed E-state index contributed by atoms with van der Waals surface area (Å²) in [7, 11) is 0. The quantitative estimate of drug-likeness (QED) is 0.543. The Morgan fingerprint density at radius 2 is 2.00 bits per heavy atom. The summed E-state index contributed by atoms with van der Waals surface area (Å²) in [6.07, 6.45) is 9.62. The Kier molecular flexibility index (Phi) is 4.05. The minimum absolute atomic E-state index is 0.0581. The van der Waals surface area contributed by atoms with Gasteiger partial charge >= 0.3 is 0 Å². The van der Waals surface area contributed by atoms with E-state index in [4.69, 9.17) is 4.98 Å². The number of fused-ring (bicyclic) bond motifs is 2. The molecule has 0 aromatic carbocycles. The molecule has 0 unspecified atom stereocenters. The zero-order valence-electron chi connectivity index (χ0n) is 17.9. The van der Waals surface area contributed by atoms with Crippen molar-refractivity contribution in [2.75, 3.05) is 6.54 Å². The van der Waals surface area contributed by atoms with Crippen molar-refractivity contribution in [3.8, 4) is 11.4 Å². The summed E-state index contributed by atoms with van der Waals surface area (Å²) in [5, 5.41) is 9.04. The molecule has 0 radical (unpaired) electrons. The first kappa shape index (κ1) is 18.7. The van der Waals surface area contributed by atoms with E-state index in [0.717, 1.165) is 47.7 Å². The molecular weight excluding hydrogens is 388 g/mol. The molecule has 1 atom stereocenters. The Labute approximate surface area is 180 Å². The van der Waals surface area contributed by atoms with Crippen molar-refractivity contribution in [2.45, 2.75) is 57.5 Å². The number of rotatable bonds is 2. The highest BCUT2D eigenvalue weighted by Crippen LogP contribution is 2.41. The van der Waals surface area contributed by atoms with Crippen LogP contribution in [-0.2, 0) is 0 Å². The Balaban J connectivity index is 1.39. The number of aryl methyl sites for hydroxylation is 2. The van der Waals surface area contributed by atoms with Gasteiger partial charge in [0.05, 0.1) is 28.5 Å². The van der Waals surface area contributed by atoms with Crippen molar-refractivity contribution < 1.29 is 0 Å². The van der Waals surface area contributed by atoms with E-state index < -0.39 is 0 Å². The maximum Gasteiger partial charge on any atom is 0.260 e. The van der Waals surface area contributed by atoms with Crippen LogP contribution >= 0.6 is 0 Å². The fraction of sp³-hybridized carbons (Fsp3) is 0.417. The molecule has 2 fully saturated rings. The number of pyridine rings is 2. The SMILES string of the molecule is Cc1cn2nc(-c3ccc4c(=O)n([C@H]5CCNC6(CCC6)C5)ccc4n3)cc(C)c2n1. The summed E-state index contributed by atoms with van der Waals surface area (Å²) in [4.78, 5) is 22.6. The predicted octanol–water partition coefficient (Wildman–Crippen LogP) is 3.57. The summed E-state index contributed by atoms with van der Waals surface area (Å²) in [6, 6.07) is 8.04. The zero-order valence-corrected chi connectivity index (χ0v) is 17.9. The lowest BCUT2D eigenvalue weighted by Gasteiger charge is -2.48. The number of hydrogen-bond donors (Lipinski definition) is 1. The first-order chi connectivity index (χ1) is 15.0. The van der Waals surface area contributed by atoms with Crippen molar-refractivity contribution in [3.63, 3.8) is 0 Å². The van der Waals surface area contributed by atoms with Gasteiger partial charge in [0.1, 0.15) is 5.69 Å². The summed E-state index contributed by atoms with van der Waals surface area (Å²) < 4.78 is 3.74. The molecule has 158 valence electrons. The highest BCUT2D eigenvalue weighted by molar-refractivity contribution is 5.80. The number of nitrogens with one attached hydrogen (secondary N) is 1. The molecule has 1 aliphatic heterocycles. The van der Waals surface area contributed by atoms with Crippen LogP contribution in [0.4, 0.5) is 0 Å². The highest BCUT2D eigenvalue weighted by Gasteiger charge is 2.41. The fourth-order valence-electron chi connectivity index (χ4n) is 5.29. The van der Waals surface area contributed by atoms with Gasteiger partial charge in [-0.1, -0.05) is 0 Å². The molecule has 0 amide bonds. The minimum Gasteiger partial charge on any atom is -0.312 e. The first-order valence-corrected chi connectivity index (χ1v) is 11.1. The van der Waals surface area contributed by atoms with E-state index in [1.165, 1.54) is 19.3 Å². The van der Waals surface area contributed by atoms with Crippen LogP contribution in [0.5, 0.6) is 0 Å². The molecule has 6 rings (SSSR count). The fourth-order valence-corrected chi connectivity index (χ4v) is 5.29. The maximum atomic E-state index is 13.3. The predicted molar refractivity (Wildman–Crippen MR) is 120 cm³/mol. The lowest BCUT2D eigenvalue weighted by Crippen LogP contribution is -2.56. The minimum atomic E-state index is 0.0581. The smallest absolute Gasteiger partial charge is 0.260 e. The molecule has 1 N–H and O–H groups in total. The average molecular weight is 415 g/mol. The number of hydrogen-bond acceptors (Lipinski definition) is 5. The molecule has 4 aromatic heterocycles. The Morgan fingerprint density at radius 1 is 1.13 bits per heavy atom. The van der Waals surface area contributed by atoms with Gasteiger partial charge in [0.25, 0.3) is 5.56 Å². The van der Waals surface area contributed by atoms with E-state index in [1.807, 2.05) is 55.1 Å². The third-order valence-electron chi connectivity index (χ3n) is 7.08. The van der Waals surface area contributed by atoms with Crippen molar-refractivity contribution >= 4 is 16.6 Å². The largest absolute Gasteiger partial charge is 0.312 e. The maximum absolute atomic E-state index is 13.3. The van der Waals surface area contributed by atoms with E-state index in [9.17, 15) is 4.79 Å². The molecule has 1 saturated carbocycles. The van der Waals surface area contributed by atoms with Gasteiger partial charge in [-0.3, -0.25) is 4.79 Å². The molecule has 4 aromatic rings. The Morgan fingerprint density at radius 3 is 2.81 bits per heavy atom. The summed E-state index contributed by atoms with van der Waals surface area (Å²) in [5.74, 6) is 0. The molecule has 5 heterocycles. The molecule has 0 bridgehead atoms. The van der Waals surface area contributed by atoms with Crippen LogP contribution in [0.3, 0.4) is 0 Å². The molecule has 1 spiro atoms. The molecular formula is C24H26N6O. The van der Waals surface area contributed by atoms with Crippen LogP contribution < -0.4 is 10.9 Å². The topological polar surface area (TPSA) is 77.1 Å². The Bertz CT molecular complexity index is 1380. The van der Waals surface area contributed by atoms with Gasteiger partial charge in [0, 0.05) is 17.8 Å². The summed E-state index contributed by atoms with van der Waals surface area (Å²) >= 11 is 0. The van der Waals surface area contributed by atoms with E-state index in [1.54, 1.807) is 4.52 Å². The van der Waals surface area contributed by atoms with Crippen LogP contribution in [0.15, 0.2) is 41.5 Å². The van der Waals surface area contributed by atoms with Crippen molar-refractivity contribution in [1.82, 2.24) is 29.5 Å². The van der Waals surface area contributed by atoms with E-state index in [0.29, 0.717) is 10.9 Å². The standard InChI is InChI=1S/C24H26N6O/c1-15-12-21(28-30-14-16(2)26-22(15)30)20-5-4-18-19(27-20)7-11-29(23(18)31)17-6-10-25-24(13-17)8-3-9-24/h4-5,7,11-12,14,17,25H,3,6,8-10,13H2,1-2H3/t17-/m0/s1. The third kappa shape index (κ3) is 2.98. The van der Waals surface area contributed by atoms with Crippen LogP contribution in [0.2, 0.25) is 0 Å². The van der Waals surface area contributed by atoms with Crippen molar-refractivity contribution in [3.05, 3.63) is 58.3 Å². The highest BCUT2D eigenvalue weighted by atomic mass is 16.1. The monoisotopic (exact) mass is 414 g/mol. The van der Waals surface area contributed by atoms with Crippen molar-refractivity contribution in [2.24, 2.45) is 0 Å². The normalized spacial score (nSPS) is 20.4. The molecule has 7 heteroatoms. The molecule has 1 aliphatic carbocycles. The van der Waals surface area contributed by atoms with E-state index in [-0.39, 0.29) is 17.1 Å². The molecule has 2 aliphatic rings. The second kappa shape index (κ2) is 6.72. The summed E-state index contributed by atoms with van der Waals surface area (Å²) in [5.41, 5.74) is 5.40. The van der Waals surface area contributed by atoms with Gasteiger partial charge in [0.15, 0.2) is 5.65 Å². The van der Waals surface area contributed by atoms with E-state index >= 15 is 0 Å². The number of aromatic nitrogens is 5. The van der Waals surface area contributed by atoms with Gasteiger partial charge in [-0.2, -0.15) is 5.10 Å². The zero-order chi connectivity index (χ0) is 21.2. The lowest BCUT2D eigenvalue weighted by atomic mass is 9.70. The van der Waals surface area contributed by atoms with Crippen LogP contribution in [0, 0.1) is 13.8 Å². The molecule has 7 nitrogen and oxygen atoms in total. The second-order valence-electron chi connectivity index (χ2n) is 9.23. The van der Waals surface area contributed by atoms with Gasteiger partial charge in [-0.25, -0.2) is 14.5 Å². The van der Waals surface area contributed by atoms with Gasteiger partial charge in [-0.15, -0.1) is 0 Å². The lowest BCUT2D eigenvalue weighted by molar-refractivity contribution is 0.109. The van der Waals surface area contributed by atoms with Crippen LogP contribution in [-0.4, -0.2) is 36.2 Å². The van der Waals surface area contributed by atoms with E-state index in [2.05, 4.69) is 15.4 Å². The second-order valence-corrected chi connectivity index (χ2v) is 9.23. The van der Waals surface area contributed by atoms with Gasteiger partial charge in [-0.05, 0) is 82.3 Å². The third-order valence-corrected chi connectivity index (χ3v) is 7.08. The van der Waals surface area contributed by atoms with Gasteiger partial charge in [0.2, 0.25) is 0 Å². The van der Waals surface area contributed by atoms with Crippen molar-refractivity contribution in [1.29, 1.82) is 0 Å². The van der Waals surface area contributed by atoms with Crippen LogP contribution in [0.1, 0.15) is 49.4 Å². The average Bonchev–Trinajstić information content (AvgIpc) is 3.13. The summed E-state index contributed by atoms with van der Waals surface area (Å²) in [6.45, 7) is 4.97. The van der Waals surface area contributed by atoms with Crippen LogP contribution in [0.25, 0.3) is 27.9 Å². The number of imidazole rings is 1. The number of nitrogens with zero attached hydrogens (tertiary/aromatic N) is 5. The number of piperidine rings is 1. The first-order valence-electron chi connectivity index (χ1n) is 11.1. The molecule has 31 heavy (non-hydrogen) atoms. The Hall–Kier alpha value is -3.06.